The molecule has 1 aromatic carbocycles. The summed E-state index contributed by atoms with van der Waals surface area (Å²) in [6, 6.07) is 15.9. The average Bonchev–Trinajstić information content (AvgIpc) is 3.20. The molecule has 0 aliphatic carbocycles. The SMILES string of the molecule is Cc1ccc(N[C@@H]2c3ncccc3C(=O)N2Cc2cccs2)cc1. The second kappa shape index (κ2) is 6.09. The Balaban J connectivity index is 1.68. The monoisotopic (exact) mass is 335 g/mol. The van der Waals surface area contributed by atoms with Crippen molar-refractivity contribution in [3.05, 3.63) is 81.8 Å². The predicted octanol–water partition coefficient (Wildman–Crippen LogP) is 4.22. The van der Waals surface area contributed by atoms with Crippen LogP contribution in [0.4, 0.5) is 5.69 Å². The lowest BCUT2D eigenvalue weighted by atomic mass is 10.2. The lowest BCUT2D eigenvalue weighted by Crippen LogP contribution is -2.31. The summed E-state index contributed by atoms with van der Waals surface area (Å²) in [5, 5.41) is 5.50. The average molecular weight is 335 g/mol. The van der Waals surface area contributed by atoms with E-state index in [1.165, 1.54) is 5.56 Å². The first kappa shape index (κ1) is 14.9. The first-order chi connectivity index (χ1) is 11.7. The van der Waals surface area contributed by atoms with Gasteiger partial charge in [-0.1, -0.05) is 23.8 Å². The first-order valence-electron chi connectivity index (χ1n) is 7.84. The molecule has 0 bridgehead atoms. The van der Waals surface area contributed by atoms with E-state index >= 15 is 0 Å². The second-order valence-corrected chi connectivity index (χ2v) is 6.89. The quantitative estimate of drug-likeness (QED) is 0.776. The van der Waals surface area contributed by atoms with E-state index < -0.39 is 0 Å². The fourth-order valence-corrected chi connectivity index (χ4v) is 3.63. The maximum Gasteiger partial charge on any atom is 0.258 e. The standard InChI is InChI=1S/C19H17N3OS/c1-13-6-8-14(9-7-13)21-18-17-16(5-2-10-20-17)19(23)22(18)12-15-4-3-11-24-15/h2-11,18,21H,12H2,1H3/t18-/m0/s1. The van der Waals surface area contributed by atoms with Crippen LogP contribution in [0.1, 0.15) is 32.7 Å². The minimum atomic E-state index is -0.251. The summed E-state index contributed by atoms with van der Waals surface area (Å²) >= 11 is 1.66. The lowest BCUT2D eigenvalue weighted by molar-refractivity contribution is 0.0729. The number of rotatable bonds is 4. The molecule has 0 fully saturated rings. The highest BCUT2D eigenvalue weighted by molar-refractivity contribution is 7.09. The first-order valence-corrected chi connectivity index (χ1v) is 8.72. The smallest absolute Gasteiger partial charge is 0.258 e. The molecule has 4 nitrogen and oxygen atoms in total. The molecule has 5 heteroatoms. The zero-order chi connectivity index (χ0) is 16.5. The van der Waals surface area contributed by atoms with Gasteiger partial charge >= 0.3 is 0 Å². The Hall–Kier alpha value is -2.66. The van der Waals surface area contributed by atoms with E-state index in [4.69, 9.17) is 0 Å². The van der Waals surface area contributed by atoms with E-state index in [9.17, 15) is 4.79 Å². The number of fused-ring (bicyclic) bond motifs is 1. The van der Waals surface area contributed by atoms with Crippen molar-refractivity contribution >= 4 is 22.9 Å². The van der Waals surface area contributed by atoms with Crippen molar-refractivity contribution in [1.82, 2.24) is 9.88 Å². The van der Waals surface area contributed by atoms with Gasteiger partial charge in [-0.2, -0.15) is 0 Å². The molecule has 120 valence electrons. The van der Waals surface area contributed by atoms with Crippen LogP contribution >= 0.6 is 11.3 Å². The highest BCUT2D eigenvalue weighted by Gasteiger charge is 2.37. The van der Waals surface area contributed by atoms with Crippen LogP contribution in [-0.2, 0) is 6.54 Å². The molecule has 0 saturated carbocycles. The number of nitrogens with zero attached hydrogens (tertiary/aromatic N) is 2. The van der Waals surface area contributed by atoms with Gasteiger partial charge in [-0.3, -0.25) is 9.78 Å². The molecule has 0 spiro atoms. The molecule has 1 amide bonds. The highest BCUT2D eigenvalue weighted by atomic mass is 32.1. The number of aryl methyl sites for hydroxylation is 1. The van der Waals surface area contributed by atoms with Gasteiger partial charge in [-0.15, -0.1) is 11.3 Å². The molecule has 0 saturated heterocycles. The summed E-state index contributed by atoms with van der Waals surface area (Å²) in [5.41, 5.74) is 3.66. The summed E-state index contributed by atoms with van der Waals surface area (Å²) in [6.07, 6.45) is 1.49. The van der Waals surface area contributed by atoms with Crippen molar-refractivity contribution in [1.29, 1.82) is 0 Å². The van der Waals surface area contributed by atoms with Crippen LogP contribution in [0.25, 0.3) is 0 Å². The van der Waals surface area contributed by atoms with Crippen LogP contribution < -0.4 is 5.32 Å². The molecule has 1 aliphatic heterocycles. The third-order valence-corrected chi connectivity index (χ3v) is 5.02. The molecule has 3 heterocycles. The van der Waals surface area contributed by atoms with Gasteiger partial charge in [-0.25, -0.2) is 0 Å². The number of amides is 1. The molecule has 1 aliphatic rings. The highest BCUT2D eigenvalue weighted by Crippen LogP contribution is 2.34. The van der Waals surface area contributed by atoms with Gasteiger partial charge in [0.2, 0.25) is 0 Å². The Bertz CT molecular complexity index is 859. The number of hydrogen-bond acceptors (Lipinski definition) is 4. The molecule has 1 atom stereocenters. The van der Waals surface area contributed by atoms with Crippen LogP contribution in [0.2, 0.25) is 0 Å². The molecule has 0 radical (unpaired) electrons. The Labute approximate surface area is 144 Å². The molecule has 3 aromatic rings. The van der Waals surface area contributed by atoms with Crippen LogP contribution in [0.15, 0.2) is 60.1 Å². The number of thiophene rings is 1. The van der Waals surface area contributed by atoms with Crippen LogP contribution in [0.5, 0.6) is 0 Å². The molecule has 24 heavy (non-hydrogen) atoms. The fraction of sp³-hybridized carbons (Fsp3) is 0.158. The Morgan fingerprint density at radius 1 is 1.17 bits per heavy atom. The zero-order valence-electron chi connectivity index (χ0n) is 13.3. The topological polar surface area (TPSA) is 45.2 Å². The number of pyridine rings is 1. The van der Waals surface area contributed by atoms with Gasteiger partial charge in [0.1, 0.15) is 6.17 Å². The largest absolute Gasteiger partial charge is 0.360 e. The number of nitrogens with one attached hydrogen (secondary N) is 1. The number of hydrogen-bond donors (Lipinski definition) is 1. The van der Waals surface area contributed by atoms with Crippen molar-refractivity contribution in [2.45, 2.75) is 19.6 Å². The molecular weight excluding hydrogens is 318 g/mol. The number of carbonyl (C=O) groups excluding carboxylic acids is 1. The molecule has 4 rings (SSSR count). The van der Waals surface area contributed by atoms with Crippen LogP contribution in [0.3, 0.4) is 0 Å². The van der Waals surface area contributed by atoms with Gasteiger partial charge in [-0.05, 0) is 42.6 Å². The van der Waals surface area contributed by atoms with E-state index in [0.29, 0.717) is 12.1 Å². The number of aromatic nitrogens is 1. The Morgan fingerprint density at radius 2 is 2.00 bits per heavy atom. The molecular formula is C19H17N3OS. The van der Waals surface area contributed by atoms with Crippen LogP contribution in [0, 0.1) is 6.92 Å². The number of anilines is 1. The minimum Gasteiger partial charge on any atom is -0.360 e. The summed E-state index contributed by atoms with van der Waals surface area (Å²) < 4.78 is 0. The normalized spacial score (nSPS) is 16.3. The van der Waals surface area contributed by atoms with Crippen molar-refractivity contribution in [3.63, 3.8) is 0 Å². The van der Waals surface area contributed by atoms with E-state index in [-0.39, 0.29) is 12.1 Å². The van der Waals surface area contributed by atoms with Crippen molar-refractivity contribution in [3.8, 4) is 0 Å². The summed E-state index contributed by atoms with van der Waals surface area (Å²) in [5.74, 6) is 0.0242. The minimum absolute atomic E-state index is 0.0242. The van der Waals surface area contributed by atoms with Crippen molar-refractivity contribution < 1.29 is 4.79 Å². The third kappa shape index (κ3) is 2.67. The summed E-state index contributed by atoms with van der Waals surface area (Å²) in [7, 11) is 0. The number of carbonyl (C=O) groups is 1. The zero-order valence-corrected chi connectivity index (χ0v) is 14.1. The van der Waals surface area contributed by atoms with E-state index in [2.05, 4.69) is 35.4 Å². The predicted molar refractivity (Wildman–Crippen MR) is 96.0 cm³/mol. The van der Waals surface area contributed by atoms with E-state index in [1.54, 1.807) is 17.5 Å². The third-order valence-electron chi connectivity index (χ3n) is 4.16. The summed E-state index contributed by atoms with van der Waals surface area (Å²) in [4.78, 5) is 20.3. The van der Waals surface area contributed by atoms with E-state index in [1.807, 2.05) is 40.6 Å². The maximum absolute atomic E-state index is 12.8. The van der Waals surface area contributed by atoms with Gasteiger partial charge < -0.3 is 10.2 Å². The van der Waals surface area contributed by atoms with Gasteiger partial charge in [0.05, 0.1) is 17.8 Å². The second-order valence-electron chi connectivity index (χ2n) is 5.86. The molecule has 2 aromatic heterocycles. The van der Waals surface area contributed by atoms with Gasteiger partial charge in [0.15, 0.2) is 0 Å². The maximum atomic E-state index is 12.8. The molecule has 1 N–H and O–H groups in total. The Morgan fingerprint density at radius 3 is 2.75 bits per heavy atom. The van der Waals surface area contributed by atoms with E-state index in [0.717, 1.165) is 16.3 Å². The van der Waals surface area contributed by atoms with Crippen molar-refractivity contribution in [2.24, 2.45) is 0 Å². The lowest BCUT2D eigenvalue weighted by Gasteiger charge is -2.26. The molecule has 0 unspecified atom stereocenters. The number of benzene rings is 1. The van der Waals surface area contributed by atoms with Crippen molar-refractivity contribution in [2.75, 3.05) is 5.32 Å². The fourth-order valence-electron chi connectivity index (χ4n) is 2.92. The van der Waals surface area contributed by atoms with Gasteiger partial charge in [0.25, 0.3) is 5.91 Å². The van der Waals surface area contributed by atoms with Gasteiger partial charge in [0, 0.05) is 16.8 Å². The van der Waals surface area contributed by atoms with Crippen LogP contribution in [-0.4, -0.2) is 15.8 Å². The summed E-state index contributed by atoms with van der Waals surface area (Å²) in [6.45, 7) is 2.64. The Kier molecular flexibility index (Phi) is 3.78.